The minimum absolute atomic E-state index is 0.105. The summed E-state index contributed by atoms with van der Waals surface area (Å²) in [6.07, 6.45) is 1.39. The molecule has 6 heteroatoms. The number of methoxy groups -OCH3 is 1. The highest BCUT2D eigenvalue weighted by molar-refractivity contribution is 6.31. The topological polar surface area (TPSA) is 56.3 Å². The van der Waals surface area contributed by atoms with E-state index in [1.54, 1.807) is 14.2 Å². The van der Waals surface area contributed by atoms with E-state index in [1.807, 2.05) is 6.92 Å². The van der Waals surface area contributed by atoms with Gasteiger partial charge in [-0.3, -0.25) is 0 Å². The Morgan fingerprint density at radius 3 is 2.93 bits per heavy atom. The number of ether oxygens (including phenoxy) is 2. The van der Waals surface area contributed by atoms with Crippen molar-refractivity contribution in [2.75, 3.05) is 26.1 Å². The maximum Gasteiger partial charge on any atom is 0.237 e. The number of aromatic nitrogens is 2. The van der Waals surface area contributed by atoms with Gasteiger partial charge in [-0.25, -0.2) is 4.98 Å². The third kappa shape index (κ3) is 3.53. The van der Waals surface area contributed by atoms with E-state index in [4.69, 9.17) is 21.1 Å². The van der Waals surface area contributed by atoms with Crippen LogP contribution >= 0.6 is 11.6 Å². The van der Waals surface area contributed by atoms with Crippen LogP contribution in [-0.4, -0.2) is 36.8 Å². The van der Waals surface area contributed by atoms with Crippen molar-refractivity contribution in [2.45, 2.75) is 13.0 Å². The van der Waals surface area contributed by atoms with Crippen LogP contribution in [0.4, 0.5) is 5.95 Å². The van der Waals surface area contributed by atoms with Crippen LogP contribution in [0.2, 0.25) is 5.02 Å². The molecule has 15 heavy (non-hydrogen) atoms. The van der Waals surface area contributed by atoms with Crippen molar-refractivity contribution in [2.24, 2.45) is 0 Å². The van der Waals surface area contributed by atoms with Crippen molar-refractivity contribution < 1.29 is 9.47 Å². The summed E-state index contributed by atoms with van der Waals surface area (Å²) in [6, 6.07) is 0. The Labute approximate surface area is 93.8 Å². The number of nitrogens with one attached hydrogen (secondary N) is 1. The molecule has 1 rings (SSSR count). The molecule has 1 heterocycles. The first kappa shape index (κ1) is 12.0. The summed E-state index contributed by atoms with van der Waals surface area (Å²) in [5.41, 5.74) is 0. The first-order valence-corrected chi connectivity index (χ1v) is 4.91. The van der Waals surface area contributed by atoms with Gasteiger partial charge >= 0.3 is 0 Å². The lowest BCUT2D eigenvalue weighted by molar-refractivity contribution is 0.0890. The Morgan fingerprint density at radius 1 is 1.60 bits per heavy atom. The van der Waals surface area contributed by atoms with Gasteiger partial charge in [-0.15, -0.1) is 0 Å². The number of anilines is 1. The van der Waals surface area contributed by atoms with E-state index in [2.05, 4.69) is 15.3 Å². The van der Waals surface area contributed by atoms with Gasteiger partial charge in [-0.2, -0.15) is 4.98 Å². The standard InChI is InChI=1S/C9H14ClN3O2/c1-6(5-14-3)15-8-7(10)4-12-9(11-2)13-8/h4,6H,5H2,1-3H3,(H,11,12,13). The van der Waals surface area contributed by atoms with Gasteiger partial charge in [0.05, 0.1) is 12.8 Å². The minimum Gasteiger partial charge on any atom is -0.471 e. The Morgan fingerprint density at radius 2 is 2.33 bits per heavy atom. The summed E-state index contributed by atoms with van der Waals surface area (Å²) in [4.78, 5) is 8.03. The van der Waals surface area contributed by atoms with Crippen LogP contribution in [0.3, 0.4) is 0 Å². The summed E-state index contributed by atoms with van der Waals surface area (Å²) in [5.74, 6) is 0.833. The van der Waals surface area contributed by atoms with Gasteiger partial charge in [0, 0.05) is 14.2 Å². The zero-order valence-corrected chi connectivity index (χ0v) is 9.71. The minimum atomic E-state index is -0.105. The molecule has 0 radical (unpaired) electrons. The Hall–Kier alpha value is -1.07. The van der Waals surface area contributed by atoms with Crippen molar-refractivity contribution in [3.05, 3.63) is 11.2 Å². The predicted octanol–water partition coefficient (Wildman–Crippen LogP) is 1.59. The molecule has 0 fully saturated rings. The molecule has 1 aromatic heterocycles. The lowest BCUT2D eigenvalue weighted by Crippen LogP contribution is -2.19. The van der Waals surface area contributed by atoms with Crippen molar-refractivity contribution in [1.29, 1.82) is 0 Å². The second-order valence-corrected chi connectivity index (χ2v) is 3.39. The molecule has 1 aromatic rings. The quantitative estimate of drug-likeness (QED) is 0.834. The summed E-state index contributed by atoms with van der Waals surface area (Å²) in [6.45, 7) is 2.36. The fraction of sp³-hybridized carbons (Fsp3) is 0.556. The molecule has 0 aromatic carbocycles. The normalized spacial score (nSPS) is 12.3. The van der Waals surface area contributed by atoms with E-state index >= 15 is 0 Å². The van der Waals surface area contributed by atoms with Crippen molar-refractivity contribution in [3.8, 4) is 5.88 Å². The van der Waals surface area contributed by atoms with Gasteiger partial charge in [0.1, 0.15) is 11.1 Å². The SMILES string of the molecule is CNc1ncc(Cl)c(OC(C)COC)n1. The third-order valence-electron chi connectivity index (χ3n) is 1.65. The van der Waals surface area contributed by atoms with E-state index in [0.29, 0.717) is 23.5 Å². The lowest BCUT2D eigenvalue weighted by Gasteiger charge is -2.13. The largest absolute Gasteiger partial charge is 0.471 e. The summed E-state index contributed by atoms with van der Waals surface area (Å²) >= 11 is 5.88. The zero-order valence-electron chi connectivity index (χ0n) is 8.95. The molecular weight excluding hydrogens is 218 g/mol. The monoisotopic (exact) mass is 231 g/mol. The Bertz CT molecular complexity index is 322. The molecule has 0 saturated heterocycles. The van der Waals surface area contributed by atoms with Crippen LogP contribution < -0.4 is 10.1 Å². The van der Waals surface area contributed by atoms with Gasteiger partial charge < -0.3 is 14.8 Å². The summed E-state index contributed by atoms with van der Waals surface area (Å²) in [7, 11) is 3.34. The van der Waals surface area contributed by atoms with Crippen LogP contribution in [0.25, 0.3) is 0 Å². The molecule has 0 aliphatic rings. The molecular formula is C9H14ClN3O2. The van der Waals surface area contributed by atoms with E-state index in [0.717, 1.165) is 0 Å². The molecule has 0 bridgehead atoms. The number of hydrogen-bond acceptors (Lipinski definition) is 5. The highest BCUT2D eigenvalue weighted by atomic mass is 35.5. The lowest BCUT2D eigenvalue weighted by atomic mass is 10.4. The average molecular weight is 232 g/mol. The Kier molecular flexibility index (Phi) is 4.58. The van der Waals surface area contributed by atoms with Gasteiger partial charge in [0.2, 0.25) is 11.8 Å². The summed E-state index contributed by atoms with van der Waals surface area (Å²) < 4.78 is 10.4. The molecule has 0 saturated carbocycles. The highest BCUT2D eigenvalue weighted by Crippen LogP contribution is 2.22. The number of halogens is 1. The van der Waals surface area contributed by atoms with Crippen molar-refractivity contribution >= 4 is 17.5 Å². The van der Waals surface area contributed by atoms with E-state index in [-0.39, 0.29) is 6.10 Å². The molecule has 84 valence electrons. The molecule has 1 atom stereocenters. The van der Waals surface area contributed by atoms with Crippen molar-refractivity contribution in [1.82, 2.24) is 9.97 Å². The molecule has 1 N–H and O–H groups in total. The summed E-state index contributed by atoms with van der Waals surface area (Å²) in [5, 5.41) is 3.19. The molecule has 0 spiro atoms. The second-order valence-electron chi connectivity index (χ2n) is 2.98. The highest BCUT2D eigenvalue weighted by Gasteiger charge is 2.10. The smallest absolute Gasteiger partial charge is 0.237 e. The molecule has 0 amide bonds. The van der Waals surface area contributed by atoms with Crippen LogP contribution in [0.1, 0.15) is 6.92 Å². The Balaban J connectivity index is 2.74. The first-order chi connectivity index (χ1) is 7.17. The molecule has 5 nitrogen and oxygen atoms in total. The fourth-order valence-corrected chi connectivity index (χ4v) is 1.15. The van der Waals surface area contributed by atoms with E-state index in [9.17, 15) is 0 Å². The van der Waals surface area contributed by atoms with Crippen molar-refractivity contribution in [3.63, 3.8) is 0 Å². The van der Waals surface area contributed by atoms with Crippen LogP contribution in [0.5, 0.6) is 5.88 Å². The number of rotatable bonds is 5. The van der Waals surface area contributed by atoms with Gasteiger partial charge in [0.15, 0.2) is 0 Å². The average Bonchev–Trinajstić information content (AvgIpc) is 2.21. The second kappa shape index (κ2) is 5.72. The molecule has 1 unspecified atom stereocenters. The molecule has 0 aliphatic carbocycles. The maximum absolute atomic E-state index is 5.88. The van der Waals surface area contributed by atoms with Gasteiger partial charge in [0.25, 0.3) is 0 Å². The van der Waals surface area contributed by atoms with Crippen LogP contribution in [0.15, 0.2) is 6.20 Å². The number of hydrogen-bond donors (Lipinski definition) is 1. The van der Waals surface area contributed by atoms with Gasteiger partial charge in [-0.05, 0) is 6.92 Å². The van der Waals surface area contributed by atoms with Crippen LogP contribution in [0, 0.1) is 0 Å². The third-order valence-corrected chi connectivity index (χ3v) is 1.91. The fourth-order valence-electron chi connectivity index (χ4n) is 1.01. The zero-order chi connectivity index (χ0) is 11.3. The van der Waals surface area contributed by atoms with E-state index < -0.39 is 0 Å². The van der Waals surface area contributed by atoms with Crippen LogP contribution in [-0.2, 0) is 4.74 Å². The number of nitrogens with zero attached hydrogens (tertiary/aromatic N) is 2. The van der Waals surface area contributed by atoms with E-state index in [1.165, 1.54) is 6.20 Å². The maximum atomic E-state index is 5.88. The predicted molar refractivity (Wildman–Crippen MR) is 58.6 cm³/mol. The first-order valence-electron chi connectivity index (χ1n) is 4.53. The molecule has 0 aliphatic heterocycles. The van der Waals surface area contributed by atoms with Gasteiger partial charge in [-0.1, -0.05) is 11.6 Å².